The van der Waals surface area contributed by atoms with Crippen LogP contribution in [0.2, 0.25) is 0 Å². The molecule has 2 aliphatic heterocycles. The summed E-state index contributed by atoms with van der Waals surface area (Å²) in [5.41, 5.74) is 0. The van der Waals surface area contributed by atoms with Gasteiger partial charge < -0.3 is 14.2 Å². The molecule has 0 amide bonds. The first-order chi connectivity index (χ1) is 8.83. The summed E-state index contributed by atoms with van der Waals surface area (Å²) in [4.78, 5) is 0. The lowest BCUT2D eigenvalue weighted by Crippen LogP contribution is -2.12. The lowest BCUT2D eigenvalue weighted by molar-refractivity contribution is 0.117. The molecule has 4 unspecified atom stereocenters. The number of hydrogen-bond acceptors (Lipinski definition) is 3. The van der Waals surface area contributed by atoms with Crippen LogP contribution in [0.3, 0.4) is 0 Å². The third-order valence-corrected chi connectivity index (χ3v) is 3.86. The maximum atomic E-state index is 5.45. The minimum Gasteiger partial charge on any atom is -0.379 e. The third-order valence-electron chi connectivity index (χ3n) is 3.86. The van der Waals surface area contributed by atoms with Crippen molar-refractivity contribution in [2.45, 2.75) is 70.7 Å². The number of fused-ring (bicyclic) bond motifs is 1. The highest BCUT2D eigenvalue weighted by Crippen LogP contribution is 2.40. The topological polar surface area (TPSA) is 34.3 Å². The molecule has 0 bridgehead atoms. The Morgan fingerprint density at radius 1 is 1.11 bits per heavy atom. The molecule has 3 fully saturated rings. The van der Waals surface area contributed by atoms with Gasteiger partial charge in [-0.15, -0.1) is 0 Å². The molecule has 18 heavy (non-hydrogen) atoms. The minimum atomic E-state index is 0.432. The average Bonchev–Trinajstić information content (AvgIpc) is 3.25. The molecule has 1 saturated carbocycles. The van der Waals surface area contributed by atoms with Crippen molar-refractivity contribution in [1.29, 1.82) is 0 Å². The molecule has 2 heterocycles. The zero-order valence-electron chi connectivity index (χ0n) is 11.9. The van der Waals surface area contributed by atoms with Crippen LogP contribution in [-0.4, -0.2) is 38.1 Å². The van der Waals surface area contributed by atoms with E-state index in [9.17, 15) is 0 Å². The van der Waals surface area contributed by atoms with E-state index in [0.717, 1.165) is 32.2 Å². The van der Waals surface area contributed by atoms with E-state index < -0.39 is 0 Å². The molecule has 0 N–H and O–H groups in total. The molecule has 106 valence electrons. The monoisotopic (exact) mass is 256 g/mol. The second-order valence-corrected chi connectivity index (χ2v) is 5.71. The lowest BCUT2D eigenvalue weighted by atomic mass is 9.86. The first-order valence-corrected chi connectivity index (χ1v) is 7.68. The van der Waals surface area contributed by atoms with Crippen molar-refractivity contribution in [1.82, 2.24) is 0 Å². The third kappa shape index (κ3) is 5.25. The van der Waals surface area contributed by atoms with Gasteiger partial charge in [0.1, 0.15) is 6.10 Å². The molecule has 1 aliphatic carbocycles. The fourth-order valence-corrected chi connectivity index (χ4v) is 2.68. The van der Waals surface area contributed by atoms with Gasteiger partial charge in [-0.05, 0) is 31.6 Å². The Hall–Kier alpha value is -0.120. The van der Waals surface area contributed by atoms with E-state index >= 15 is 0 Å². The molecule has 0 spiro atoms. The van der Waals surface area contributed by atoms with Crippen molar-refractivity contribution in [3.63, 3.8) is 0 Å². The van der Waals surface area contributed by atoms with Crippen LogP contribution in [0, 0.1) is 5.92 Å². The van der Waals surface area contributed by atoms with Gasteiger partial charge in [-0.25, -0.2) is 0 Å². The minimum absolute atomic E-state index is 0.432. The summed E-state index contributed by atoms with van der Waals surface area (Å²) in [6.07, 6.45) is 9.81. The van der Waals surface area contributed by atoms with Crippen LogP contribution in [0.15, 0.2) is 0 Å². The highest BCUT2D eigenvalue weighted by Gasteiger charge is 2.43. The van der Waals surface area contributed by atoms with Gasteiger partial charge in [0.2, 0.25) is 0 Å². The maximum Gasteiger partial charge on any atom is 0.104 e. The fraction of sp³-hybridized carbons (Fsp3) is 1.00. The first-order valence-electron chi connectivity index (χ1n) is 7.68. The van der Waals surface area contributed by atoms with Gasteiger partial charge in [0.25, 0.3) is 0 Å². The van der Waals surface area contributed by atoms with E-state index in [1.54, 1.807) is 0 Å². The highest BCUT2D eigenvalue weighted by molar-refractivity contribution is 4.91. The van der Waals surface area contributed by atoms with Crippen LogP contribution in [0.4, 0.5) is 0 Å². The Morgan fingerprint density at radius 2 is 1.94 bits per heavy atom. The summed E-state index contributed by atoms with van der Waals surface area (Å²) in [6, 6.07) is 0. The lowest BCUT2D eigenvalue weighted by Gasteiger charge is -2.17. The van der Waals surface area contributed by atoms with Crippen molar-refractivity contribution in [3.05, 3.63) is 0 Å². The molecule has 4 atom stereocenters. The van der Waals surface area contributed by atoms with Crippen molar-refractivity contribution >= 4 is 0 Å². The summed E-state index contributed by atoms with van der Waals surface area (Å²) < 4.78 is 15.6. The zero-order chi connectivity index (χ0) is 12.8. The summed E-state index contributed by atoms with van der Waals surface area (Å²) in [5.74, 6) is 0.994. The second-order valence-electron chi connectivity index (χ2n) is 5.71. The van der Waals surface area contributed by atoms with Crippen molar-refractivity contribution in [2.75, 3.05) is 19.8 Å². The Bertz CT molecular complexity index is 228. The Balaban J connectivity index is 0.000000138. The van der Waals surface area contributed by atoms with Crippen LogP contribution in [0.25, 0.3) is 0 Å². The van der Waals surface area contributed by atoms with E-state index in [0.29, 0.717) is 18.3 Å². The van der Waals surface area contributed by atoms with Crippen LogP contribution in [-0.2, 0) is 14.2 Å². The first kappa shape index (κ1) is 14.3. The Morgan fingerprint density at radius 3 is 2.56 bits per heavy atom. The van der Waals surface area contributed by atoms with Crippen LogP contribution in [0.5, 0.6) is 0 Å². The Kier molecular flexibility index (Phi) is 5.93. The van der Waals surface area contributed by atoms with Crippen molar-refractivity contribution in [2.24, 2.45) is 5.92 Å². The van der Waals surface area contributed by atoms with E-state index in [1.165, 1.54) is 32.1 Å². The van der Waals surface area contributed by atoms with Gasteiger partial charge in [-0.3, -0.25) is 0 Å². The van der Waals surface area contributed by atoms with E-state index in [-0.39, 0.29) is 0 Å². The van der Waals surface area contributed by atoms with E-state index in [2.05, 4.69) is 13.8 Å². The largest absolute Gasteiger partial charge is 0.379 e. The van der Waals surface area contributed by atoms with Gasteiger partial charge in [-0.2, -0.15) is 0 Å². The molecular weight excluding hydrogens is 228 g/mol. The summed E-state index contributed by atoms with van der Waals surface area (Å²) in [7, 11) is 0. The van der Waals surface area contributed by atoms with Crippen LogP contribution >= 0.6 is 0 Å². The zero-order valence-corrected chi connectivity index (χ0v) is 11.9. The quantitative estimate of drug-likeness (QED) is 0.541. The van der Waals surface area contributed by atoms with Crippen LogP contribution < -0.4 is 0 Å². The molecule has 0 aromatic rings. The molecule has 0 aromatic heterocycles. The number of ether oxygens (including phenoxy) is 3. The smallest absolute Gasteiger partial charge is 0.104 e. The standard InChI is InChI=1S/C9H16O.C6H12O2/c1-2-3-7-4-5-8-9(6-7)10-8;1-2-3-7-4-6-5-8-6/h7-9H,2-6H2,1H3;6H,2-5H2,1H3. The summed E-state index contributed by atoms with van der Waals surface area (Å²) in [6.45, 7) is 6.96. The molecule has 2 saturated heterocycles. The molecule has 0 aromatic carbocycles. The van der Waals surface area contributed by atoms with E-state index in [4.69, 9.17) is 14.2 Å². The summed E-state index contributed by atoms with van der Waals surface area (Å²) in [5, 5.41) is 0. The van der Waals surface area contributed by atoms with Crippen LogP contribution in [0.1, 0.15) is 52.4 Å². The van der Waals surface area contributed by atoms with Gasteiger partial charge in [-0.1, -0.05) is 26.7 Å². The molecular formula is C15H28O3. The number of hydrogen-bond donors (Lipinski definition) is 0. The molecule has 3 aliphatic rings. The van der Waals surface area contributed by atoms with Crippen molar-refractivity contribution < 1.29 is 14.2 Å². The summed E-state index contributed by atoms with van der Waals surface area (Å²) >= 11 is 0. The predicted molar refractivity (Wildman–Crippen MR) is 71.8 cm³/mol. The van der Waals surface area contributed by atoms with Gasteiger partial charge in [0, 0.05) is 6.61 Å². The number of rotatable bonds is 6. The SMILES string of the molecule is CCCC1CCC2OC2C1.CCCOCC1CO1. The van der Waals surface area contributed by atoms with Gasteiger partial charge >= 0.3 is 0 Å². The number of epoxide rings is 2. The average molecular weight is 256 g/mol. The molecule has 3 nitrogen and oxygen atoms in total. The predicted octanol–water partition coefficient (Wildman–Crippen LogP) is 3.17. The normalized spacial score (nSPS) is 36.3. The van der Waals surface area contributed by atoms with E-state index in [1.807, 2.05) is 0 Å². The molecule has 0 radical (unpaired) electrons. The second kappa shape index (κ2) is 7.46. The Labute approximate surface area is 111 Å². The highest BCUT2D eigenvalue weighted by atomic mass is 16.6. The van der Waals surface area contributed by atoms with Gasteiger partial charge in [0.15, 0.2) is 0 Å². The van der Waals surface area contributed by atoms with Gasteiger partial charge in [0.05, 0.1) is 25.4 Å². The molecule has 3 heteroatoms. The maximum absolute atomic E-state index is 5.45. The fourth-order valence-electron chi connectivity index (χ4n) is 2.68. The van der Waals surface area contributed by atoms with Crippen molar-refractivity contribution in [3.8, 4) is 0 Å². The molecule has 3 rings (SSSR count).